The lowest BCUT2D eigenvalue weighted by atomic mass is 9.98. The van der Waals surface area contributed by atoms with Crippen molar-refractivity contribution in [2.75, 3.05) is 38.6 Å². The second-order valence-electron chi connectivity index (χ2n) is 9.09. The minimum atomic E-state index is -1.52. The molecule has 1 aliphatic heterocycles. The zero-order chi connectivity index (χ0) is 30.8. The second-order valence-corrected chi connectivity index (χ2v) is 9.09. The quantitative estimate of drug-likeness (QED) is 0.231. The monoisotopic (exact) mass is 596 g/mol. The van der Waals surface area contributed by atoms with Gasteiger partial charge < -0.3 is 38.3 Å². The Morgan fingerprint density at radius 1 is 0.698 bits per heavy atom. The van der Waals surface area contributed by atoms with Crippen molar-refractivity contribution in [2.24, 2.45) is 0 Å². The Labute approximate surface area is 247 Å². The molecule has 0 unspecified atom stereocenters. The standard InChI is InChI=1S/C30H32N2O11/c1-37-20-15-10-16-21(38-2)23(20)27(34)41-24-22(17-33)40-28(39-3)26(43-30(36)32-19-13-8-5-9-14-19)25(24)42-29(35)31-18-11-6-4-7-12-18/h4-16,22,24-26,28,33H,17H2,1-3H3,(H,31,35)(H,32,36)/t22-,24-,25+,26-,28+/m1/s1. The number of methoxy groups -OCH3 is 3. The molecule has 0 aromatic heterocycles. The van der Waals surface area contributed by atoms with E-state index in [1.807, 2.05) is 0 Å². The van der Waals surface area contributed by atoms with Gasteiger partial charge in [-0.3, -0.25) is 10.6 Å². The lowest BCUT2D eigenvalue weighted by molar-refractivity contribution is -0.290. The maximum Gasteiger partial charge on any atom is 0.412 e. The van der Waals surface area contributed by atoms with Crippen LogP contribution in [0, 0.1) is 0 Å². The van der Waals surface area contributed by atoms with Gasteiger partial charge in [0.25, 0.3) is 0 Å². The number of hydrogen-bond donors (Lipinski definition) is 3. The van der Waals surface area contributed by atoms with E-state index < -0.39 is 55.5 Å². The number of amides is 2. The number of para-hydroxylation sites is 2. The number of nitrogens with one attached hydrogen (secondary N) is 2. The van der Waals surface area contributed by atoms with Crippen molar-refractivity contribution >= 4 is 29.5 Å². The number of rotatable bonds is 10. The summed E-state index contributed by atoms with van der Waals surface area (Å²) in [4.78, 5) is 39.6. The fourth-order valence-electron chi connectivity index (χ4n) is 4.44. The molecule has 1 aliphatic rings. The summed E-state index contributed by atoms with van der Waals surface area (Å²) in [6.45, 7) is -0.677. The van der Waals surface area contributed by atoms with Crippen molar-refractivity contribution in [1.29, 1.82) is 0 Å². The molecule has 2 amide bonds. The highest BCUT2D eigenvalue weighted by molar-refractivity contribution is 5.96. The molecule has 3 aromatic rings. The molecule has 4 rings (SSSR count). The van der Waals surface area contributed by atoms with Crippen LogP contribution in [0.5, 0.6) is 11.5 Å². The van der Waals surface area contributed by atoms with E-state index in [0.29, 0.717) is 11.4 Å². The molecule has 0 saturated carbocycles. The highest BCUT2D eigenvalue weighted by Gasteiger charge is 2.53. The average molecular weight is 597 g/mol. The van der Waals surface area contributed by atoms with Crippen LogP contribution >= 0.6 is 0 Å². The van der Waals surface area contributed by atoms with Gasteiger partial charge in [-0.1, -0.05) is 42.5 Å². The van der Waals surface area contributed by atoms with Gasteiger partial charge in [0.1, 0.15) is 23.2 Å². The Kier molecular flexibility index (Phi) is 10.7. The zero-order valence-corrected chi connectivity index (χ0v) is 23.6. The molecule has 3 N–H and O–H groups in total. The van der Waals surface area contributed by atoms with Crippen LogP contribution in [0.2, 0.25) is 0 Å². The summed E-state index contributed by atoms with van der Waals surface area (Å²) in [6.07, 6.45) is -8.96. The number of ether oxygens (including phenoxy) is 7. The van der Waals surface area contributed by atoms with Gasteiger partial charge in [0.05, 0.1) is 20.8 Å². The van der Waals surface area contributed by atoms with Crippen molar-refractivity contribution in [3.63, 3.8) is 0 Å². The zero-order valence-electron chi connectivity index (χ0n) is 23.6. The molecule has 0 spiro atoms. The Morgan fingerprint density at radius 3 is 1.67 bits per heavy atom. The van der Waals surface area contributed by atoms with Gasteiger partial charge in [0, 0.05) is 18.5 Å². The van der Waals surface area contributed by atoms with Gasteiger partial charge >= 0.3 is 18.2 Å². The van der Waals surface area contributed by atoms with Crippen molar-refractivity contribution in [1.82, 2.24) is 0 Å². The minimum absolute atomic E-state index is 0.0650. The molecular weight excluding hydrogens is 564 g/mol. The number of carbonyl (C=O) groups excluding carboxylic acids is 3. The molecule has 1 heterocycles. The smallest absolute Gasteiger partial charge is 0.412 e. The second kappa shape index (κ2) is 14.9. The molecule has 228 valence electrons. The number of esters is 1. The number of benzene rings is 3. The molecule has 13 nitrogen and oxygen atoms in total. The fourth-order valence-corrected chi connectivity index (χ4v) is 4.44. The van der Waals surface area contributed by atoms with E-state index in [1.165, 1.54) is 33.5 Å². The molecule has 5 atom stereocenters. The highest BCUT2D eigenvalue weighted by Crippen LogP contribution is 2.33. The number of aliphatic hydroxyl groups excluding tert-OH is 1. The molecule has 0 aliphatic carbocycles. The Bertz CT molecular complexity index is 1350. The minimum Gasteiger partial charge on any atom is -0.496 e. The summed E-state index contributed by atoms with van der Waals surface area (Å²) in [5.41, 5.74) is 0.773. The maximum absolute atomic E-state index is 13.6. The van der Waals surface area contributed by atoms with Crippen LogP contribution in [-0.2, 0) is 23.7 Å². The van der Waals surface area contributed by atoms with Crippen LogP contribution < -0.4 is 20.1 Å². The van der Waals surface area contributed by atoms with E-state index in [-0.39, 0.29) is 17.1 Å². The predicted molar refractivity (Wildman–Crippen MR) is 152 cm³/mol. The first kappa shape index (κ1) is 31.1. The van der Waals surface area contributed by atoms with E-state index in [4.69, 9.17) is 33.2 Å². The predicted octanol–water partition coefficient (Wildman–Crippen LogP) is 3.83. The SMILES string of the molecule is COc1cccc(OC)c1C(=O)O[C@H]1[C@H](OC(=O)Nc2ccccc2)[C@@H](OC(=O)Nc2ccccc2)[C@@H](OC)O[C@@H]1CO. The van der Waals surface area contributed by atoms with Crippen molar-refractivity contribution in [3.05, 3.63) is 84.4 Å². The molecular formula is C30H32N2O11. The number of hydrogen-bond acceptors (Lipinski definition) is 11. The van der Waals surface area contributed by atoms with Crippen LogP contribution in [0.1, 0.15) is 10.4 Å². The van der Waals surface area contributed by atoms with Crippen LogP contribution in [0.4, 0.5) is 21.0 Å². The molecule has 3 aromatic carbocycles. The van der Waals surface area contributed by atoms with Gasteiger partial charge in [-0.15, -0.1) is 0 Å². The van der Waals surface area contributed by atoms with Gasteiger partial charge in [0.15, 0.2) is 24.6 Å². The topological polar surface area (TPSA) is 160 Å². The Morgan fingerprint density at radius 2 is 1.21 bits per heavy atom. The number of aliphatic hydroxyl groups is 1. The Balaban J connectivity index is 1.68. The first-order valence-electron chi connectivity index (χ1n) is 13.1. The van der Waals surface area contributed by atoms with Crippen LogP contribution in [0.3, 0.4) is 0 Å². The summed E-state index contributed by atoms with van der Waals surface area (Å²) < 4.78 is 39.0. The summed E-state index contributed by atoms with van der Waals surface area (Å²) in [5, 5.41) is 15.3. The average Bonchev–Trinajstić information content (AvgIpc) is 3.02. The molecule has 13 heteroatoms. The summed E-state index contributed by atoms with van der Waals surface area (Å²) in [7, 11) is 4.01. The number of anilines is 2. The first-order valence-corrected chi connectivity index (χ1v) is 13.1. The largest absolute Gasteiger partial charge is 0.496 e. The van der Waals surface area contributed by atoms with Crippen LogP contribution in [0.15, 0.2) is 78.9 Å². The van der Waals surface area contributed by atoms with E-state index in [1.54, 1.807) is 66.7 Å². The third-order valence-corrected chi connectivity index (χ3v) is 6.41. The summed E-state index contributed by atoms with van der Waals surface area (Å²) in [5.74, 6) is -0.654. The van der Waals surface area contributed by atoms with Gasteiger partial charge in [-0.25, -0.2) is 14.4 Å². The Hall–Kier alpha value is -4.85. The highest BCUT2D eigenvalue weighted by atomic mass is 16.7. The lowest BCUT2D eigenvalue weighted by Gasteiger charge is -2.43. The van der Waals surface area contributed by atoms with E-state index in [0.717, 1.165) is 0 Å². The van der Waals surface area contributed by atoms with Gasteiger partial charge in [-0.05, 0) is 36.4 Å². The van der Waals surface area contributed by atoms with Gasteiger partial charge in [-0.2, -0.15) is 0 Å². The van der Waals surface area contributed by atoms with E-state index in [2.05, 4.69) is 10.6 Å². The molecule has 1 fully saturated rings. The third-order valence-electron chi connectivity index (χ3n) is 6.41. The molecule has 0 radical (unpaired) electrons. The normalized spacial score (nSPS) is 21.2. The third kappa shape index (κ3) is 7.71. The van der Waals surface area contributed by atoms with E-state index >= 15 is 0 Å². The molecule has 1 saturated heterocycles. The first-order chi connectivity index (χ1) is 20.9. The van der Waals surface area contributed by atoms with Crippen molar-refractivity contribution in [3.8, 4) is 11.5 Å². The lowest BCUT2D eigenvalue weighted by Crippen LogP contribution is -2.63. The van der Waals surface area contributed by atoms with Crippen molar-refractivity contribution in [2.45, 2.75) is 30.7 Å². The van der Waals surface area contributed by atoms with E-state index in [9.17, 15) is 19.5 Å². The van der Waals surface area contributed by atoms with Crippen molar-refractivity contribution < 1.29 is 52.6 Å². The van der Waals surface area contributed by atoms with Crippen LogP contribution in [0.25, 0.3) is 0 Å². The van der Waals surface area contributed by atoms with Crippen LogP contribution in [-0.4, -0.2) is 81.9 Å². The summed E-state index contributed by atoms with van der Waals surface area (Å²) in [6, 6.07) is 21.6. The summed E-state index contributed by atoms with van der Waals surface area (Å²) >= 11 is 0. The fraction of sp³-hybridized carbons (Fsp3) is 0.300. The van der Waals surface area contributed by atoms with Gasteiger partial charge in [0.2, 0.25) is 0 Å². The maximum atomic E-state index is 13.6. The molecule has 43 heavy (non-hydrogen) atoms. The molecule has 0 bridgehead atoms. The number of carbonyl (C=O) groups is 3.